The first-order chi connectivity index (χ1) is 17.4. The van der Waals surface area contributed by atoms with Crippen LogP contribution in [0.15, 0.2) is 35.5 Å². The molecule has 0 saturated carbocycles. The van der Waals surface area contributed by atoms with Crippen molar-refractivity contribution in [2.45, 2.75) is 46.3 Å². The van der Waals surface area contributed by atoms with Crippen LogP contribution in [0.25, 0.3) is 22.7 Å². The van der Waals surface area contributed by atoms with Crippen molar-refractivity contribution in [3.8, 4) is 11.4 Å². The van der Waals surface area contributed by atoms with Gasteiger partial charge in [0.05, 0.1) is 11.4 Å². The van der Waals surface area contributed by atoms with Crippen molar-refractivity contribution in [2.75, 3.05) is 24.5 Å². The fraction of sp³-hybridized carbons (Fsp3) is 0.400. The Balaban J connectivity index is 1.45. The zero-order chi connectivity index (χ0) is 26.6. The lowest BCUT2D eigenvalue weighted by Crippen LogP contribution is -2.55. The Labute approximate surface area is 211 Å². The molecule has 0 aliphatic carbocycles. The van der Waals surface area contributed by atoms with E-state index in [1.807, 2.05) is 32.6 Å². The minimum atomic E-state index is -0.747. The number of imidazole rings is 1. The van der Waals surface area contributed by atoms with Crippen LogP contribution in [0.4, 0.5) is 19.3 Å². The number of amides is 1. The summed E-state index contributed by atoms with van der Waals surface area (Å²) >= 11 is 0. The summed E-state index contributed by atoms with van der Waals surface area (Å²) in [7, 11) is 0. The maximum absolute atomic E-state index is 15.3. The van der Waals surface area contributed by atoms with Gasteiger partial charge in [0.25, 0.3) is 0 Å². The van der Waals surface area contributed by atoms with Crippen LogP contribution in [0.1, 0.15) is 33.4 Å². The second kappa shape index (κ2) is 8.79. The molecule has 0 bridgehead atoms. The van der Waals surface area contributed by atoms with Crippen LogP contribution in [0.3, 0.4) is 0 Å². The number of aromatic nitrogens is 5. The van der Waals surface area contributed by atoms with E-state index < -0.39 is 29.0 Å². The van der Waals surface area contributed by atoms with E-state index in [1.54, 1.807) is 24.2 Å². The number of piperazine rings is 1. The highest BCUT2D eigenvalue weighted by Crippen LogP contribution is 2.24. The maximum atomic E-state index is 15.3. The molecule has 1 amide bonds. The van der Waals surface area contributed by atoms with Crippen molar-refractivity contribution in [3.05, 3.63) is 58.5 Å². The van der Waals surface area contributed by atoms with Crippen LogP contribution in [0.5, 0.6) is 0 Å². The number of ether oxygens (including phenoxy) is 1. The Morgan fingerprint density at radius 2 is 1.76 bits per heavy atom. The second-order valence-corrected chi connectivity index (χ2v) is 10.2. The molecule has 1 aliphatic heterocycles. The summed E-state index contributed by atoms with van der Waals surface area (Å²) in [4.78, 5) is 41.2. The number of carbonyl (C=O) groups excluding carboxylic acids is 1. The number of fused-ring (bicyclic) bond motifs is 2. The molecule has 0 spiro atoms. The first kappa shape index (κ1) is 24.6. The van der Waals surface area contributed by atoms with Gasteiger partial charge in [-0.15, -0.1) is 0 Å². The molecule has 12 heteroatoms. The average Bonchev–Trinajstić information content (AvgIpc) is 3.19. The Bertz CT molecular complexity index is 1590. The largest absolute Gasteiger partial charge is 0.444 e. The monoisotopic (exact) mass is 511 g/mol. The van der Waals surface area contributed by atoms with Crippen molar-refractivity contribution < 1.29 is 18.3 Å². The van der Waals surface area contributed by atoms with E-state index in [1.165, 1.54) is 22.7 Å². The number of hydrogen-bond acceptors (Lipinski definition) is 7. The molecule has 0 radical (unpaired) electrons. The molecule has 194 valence electrons. The Kier molecular flexibility index (Phi) is 5.84. The van der Waals surface area contributed by atoms with E-state index in [0.717, 1.165) is 4.40 Å². The van der Waals surface area contributed by atoms with E-state index in [2.05, 4.69) is 15.0 Å². The number of anilines is 1. The molecular formula is C25H27F2N7O3. The van der Waals surface area contributed by atoms with Gasteiger partial charge >= 0.3 is 11.8 Å². The highest BCUT2D eigenvalue weighted by Gasteiger charge is 2.31. The number of halogens is 2. The smallest absolute Gasteiger partial charge is 0.410 e. The van der Waals surface area contributed by atoms with Gasteiger partial charge in [-0.25, -0.2) is 32.7 Å². The molecule has 1 saturated heterocycles. The molecule has 37 heavy (non-hydrogen) atoms. The summed E-state index contributed by atoms with van der Waals surface area (Å²) in [5.41, 5.74) is -0.140. The highest BCUT2D eigenvalue weighted by molar-refractivity contribution is 5.69. The molecular weight excluding hydrogens is 484 g/mol. The van der Waals surface area contributed by atoms with E-state index in [0.29, 0.717) is 31.0 Å². The first-order valence-corrected chi connectivity index (χ1v) is 11.9. The third-order valence-corrected chi connectivity index (χ3v) is 6.10. The minimum absolute atomic E-state index is 0.0941. The standard InChI is InChI=1S/C25H27F2N7O3/c1-14-10-32-12-16(8-18(26)21(32)28-14)20-29-22-19(27)9-17(13-34(22)23(35)30-20)31-6-7-33(15(2)11-31)24(36)37-25(3,4)5/h8-10,12-13,15H,6-7,11H2,1-5H3/t15-/m0/s1. The maximum Gasteiger partial charge on any atom is 0.410 e. The van der Waals surface area contributed by atoms with E-state index in [4.69, 9.17) is 4.74 Å². The lowest BCUT2D eigenvalue weighted by molar-refractivity contribution is 0.0159. The molecule has 1 aliphatic rings. The van der Waals surface area contributed by atoms with Crippen molar-refractivity contribution in [3.63, 3.8) is 0 Å². The zero-order valence-corrected chi connectivity index (χ0v) is 21.2. The number of pyridine rings is 2. The molecule has 1 fully saturated rings. The van der Waals surface area contributed by atoms with Gasteiger partial charge in [0.2, 0.25) is 0 Å². The fourth-order valence-corrected chi connectivity index (χ4v) is 4.45. The Morgan fingerprint density at radius 1 is 1.03 bits per heavy atom. The van der Waals surface area contributed by atoms with Crippen molar-refractivity contribution >= 4 is 23.1 Å². The van der Waals surface area contributed by atoms with Gasteiger partial charge in [0.15, 0.2) is 28.8 Å². The van der Waals surface area contributed by atoms with Gasteiger partial charge in [-0.3, -0.25) is 0 Å². The number of nitrogens with zero attached hydrogens (tertiary/aromatic N) is 7. The van der Waals surface area contributed by atoms with E-state index in [-0.39, 0.29) is 28.7 Å². The van der Waals surface area contributed by atoms with Crippen LogP contribution in [0.2, 0.25) is 0 Å². The van der Waals surface area contributed by atoms with Crippen molar-refractivity contribution in [1.82, 2.24) is 28.7 Å². The molecule has 4 aromatic heterocycles. The van der Waals surface area contributed by atoms with Crippen molar-refractivity contribution in [1.29, 1.82) is 0 Å². The molecule has 5 rings (SSSR count). The average molecular weight is 512 g/mol. The number of rotatable bonds is 2. The van der Waals surface area contributed by atoms with Gasteiger partial charge in [0.1, 0.15) is 5.60 Å². The first-order valence-electron chi connectivity index (χ1n) is 11.9. The fourth-order valence-electron chi connectivity index (χ4n) is 4.45. The minimum Gasteiger partial charge on any atom is -0.444 e. The summed E-state index contributed by atoms with van der Waals surface area (Å²) in [5.74, 6) is -1.42. The van der Waals surface area contributed by atoms with Crippen LogP contribution >= 0.6 is 0 Å². The summed E-state index contributed by atoms with van der Waals surface area (Å²) in [6, 6.07) is 2.27. The normalized spacial score (nSPS) is 16.6. The van der Waals surface area contributed by atoms with Gasteiger partial charge < -0.3 is 18.9 Å². The predicted octanol–water partition coefficient (Wildman–Crippen LogP) is 3.44. The summed E-state index contributed by atoms with van der Waals surface area (Å²) in [6.45, 7) is 10.3. The molecule has 0 unspecified atom stereocenters. The van der Waals surface area contributed by atoms with Gasteiger partial charge in [-0.1, -0.05) is 0 Å². The van der Waals surface area contributed by atoms with Gasteiger partial charge in [0, 0.05) is 55.9 Å². The van der Waals surface area contributed by atoms with Gasteiger partial charge in [-0.05, 0) is 40.7 Å². The molecule has 1 atom stereocenters. The lowest BCUT2D eigenvalue weighted by Gasteiger charge is -2.41. The van der Waals surface area contributed by atoms with Crippen LogP contribution in [-0.2, 0) is 4.74 Å². The predicted molar refractivity (Wildman–Crippen MR) is 133 cm³/mol. The number of hydrogen-bond donors (Lipinski definition) is 0. The third-order valence-electron chi connectivity index (χ3n) is 6.10. The SMILES string of the molecule is Cc1cn2cc(-c3nc(=O)n4cc(N5CCN(C(=O)OC(C)(C)C)[C@@H](C)C5)cc(F)c4n3)cc(F)c2n1. The van der Waals surface area contributed by atoms with Gasteiger partial charge in [-0.2, -0.15) is 4.98 Å². The molecule has 4 aromatic rings. The summed E-state index contributed by atoms with van der Waals surface area (Å²) in [5, 5.41) is 0. The summed E-state index contributed by atoms with van der Waals surface area (Å²) < 4.78 is 37.8. The van der Waals surface area contributed by atoms with Crippen LogP contribution in [0, 0.1) is 18.6 Å². The number of aryl methyl sites for hydroxylation is 1. The Morgan fingerprint density at radius 3 is 2.46 bits per heavy atom. The zero-order valence-electron chi connectivity index (χ0n) is 21.2. The topological polar surface area (TPSA) is 97.3 Å². The lowest BCUT2D eigenvalue weighted by atomic mass is 10.1. The van der Waals surface area contributed by atoms with Crippen LogP contribution in [-0.4, -0.2) is 66.0 Å². The summed E-state index contributed by atoms with van der Waals surface area (Å²) in [6.07, 6.45) is 4.25. The number of carbonyl (C=O) groups is 1. The quantitative estimate of drug-likeness (QED) is 0.407. The van der Waals surface area contributed by atoms with Crippen molar-refractivity contribution in [2.24, 2.45) is 0 Å². The molecule has 10 nitrogen and oxygen atoms in total. The highest BCUT2D eigenvalue weighted by atomic mass is 19.1. The van der Waals surface area contributed by atoms with E-state index in [9.17, 15) is 14.0 Å². The molecule has 0 aromatic carbocycles. The van der Waals surface area contributed by atoms with E-state index >= 15 is 4.39 Å². The molecule has 5 heterocycles. The molecule has 0 N–H and O–H groups in total. The van der Waals surface area contributed by atoms with Crippen LogP contribution < -0.4 is 10.6 Å². The third kappa shape index (κ3) is 4.70. The Hall–Kier alpha value is -4.09. The second-order valence-electron chi connectivity index (χ2n) is 10.2.